The van der Waals surface area contributed by atoms with Crippen molar-refractivity contribution in [2.75, 3.05) is 0 Å². The molecule has 0 atom stereocenters. The molecule has 0 aliphatic rings. The quantitative estimate of drug-likeness (QED) is 0.623. The van der Waals surface area contributed by atoms with Crippen molar-refractivity contribution < 1.29 is 4.79 Å². The van der Waals surface area contributed by atoms with E-state index in [1.54, 1.807) is 6.21 Å². The van der Waals surface area contributed by atoms with E-state index in [9.17, 15) is 4.79 Å². The number of nitrogens with zero attached hydrogens (tertiary/aromatic N) is 1. The first kappa shape index (κ1) is 9.92. The Balaban J connectivity index is 2.59. The monoisotopic (exact) mass is 240 g/mol. The highest BCUT2D eigenvalue weighted by molar-refractivity contribution is 9.10. The molecule has 13 heavy (non-hydrogen) atoms. The second-order valence-corrected chi connectivity index (χ2v) is 3.39. The standard InChI is InChI=1S/C9H9BrN2O/c1-7(13)12-11-6-8-2-4-9(10)5-3-8/h2-6H,1H3,(H,12,13). The van der Waals surface area contributed by atoms with Crippen LogP contribution < -0.4 is 5.43 Å². The number of hydrazone groups is 1. The molecular formula is C9H9BrN2O. The summed E-state index contributed by atoms with van der Waals surface area (Å²) >= 11 is 3.32. The summed E-state index contributed by atoms with van der Waals surface area (Å²) in [5, 5.41) is 3.73. The zero-order valence-corrected chi connectivity index (χ0v) is 8.71. The van der Waals surface area contributed by atoms with Crippen molar-refractivity contribution in [1.29, 1.82) is 0 Å². The lowest BCUT2D eigenvalue weighted by Gasteiger charge is -1.93. The summed E-state index contributed by atoms with van der Waals surface area (Å²) in [6.07, 6.45) is 1.59. The van der Waals surface area contributed by atoms with Gasteiger partial charge >= 0.3 is 0 Å². The van der Waals surface area contributed by atoms with E-state index in [-0.39, 0.29) is 5.91 Å². The zero-order chi connectivity index (χ0) is 9.68. The summed E-state index contributed by atoms with van der Waals surface area (Å²) in [5.41, 5.74) is 3.27. The highest BCUT2D eigenvalue weighted by Gasteiger charge is 1.88. The van der Waals surface area contributed by atoms with Gasteiger partial charge in [-0.25, -0.2) is 5.43 Å². The van der Waals surface area contributed by atoms with Gasteiger partial charge < -0.3 is 0 Å². The minimum atomic E-state index is -0.173. The topological polar surface area (TPSA) is 41.5 Å². The molecule has 1 aromatic carbocycles. The lowest BCUT2D eigenvalue weighted by atomic mass is 10.2. The average molecular weight is 241 g/mol. The molecule has 4 heteroatoms. The van der Waals surface area contributed by atoms with Crippen molar-refractivity contribution in [2.24, 2.45) is 5.10 Å². The minimum absolute atomic E-state index is 0.173. The Hall–Kier alpha value is -1.16. The molecule has 1 N–H and O–H groups in total. The van der Waals surface area contributed by atoms with Gasteiger partial charge in [0.1, 0.15) is 0 Å². The van der Waals surface area contributed by atoms with Crippen LogP contribution in [-0.4, -0.2) is 12.1 Å². The predicted octanol–water partition coefficient (Wildman–Crippen LogP) is 1.92. The number of benzene rings is 1. The van der Waals surface area contributed by atoms with Gasteiger partial charge in [-0.15, -0.1) is 0 Å². The number of hydrogen-bond donors (Lipinski definition) is 1. The highest BCUT2D eigenvalue weighted by atomic mass is 79.9. The van der Waals surface area contributed by atoms with E-state index in [1.807, 2.05) is 24.3 Å². The zero-order valence-electron chi connectivity index (χ0n) is 7.12. The van der Waals surface area contributed by atoms with Crippen molar-refractivity contribution in [3.05, 3.63) is 34.3 Å². The smallest absolute Gasteiger partial charge is 0.236 e. The highest BCUT2D eigenvalue weighted by Crippen LogP contribution is 2.08. The lowest BCUT2D eigenvalue weighted by Crippen LogP contribution is -2.12. The molecule has 0 spiro atoms. The third kappa shape index (κ3) is 3.85. The Labute approximate surface area is 85.0 Å². The van der Waals surface area contributed by atoms with Crippen LogP contribution in [0.15, 0.2) is 33.8 Å². The van der Waals surface area contributed by atoms with Crippen molar-refractivity contribution in [3.8, 4) is 0 Å². The Morgan fingerprint density at radius 3 is 2.62 bits per heavy atom. The number of carbonyl (C=O) groups is 1. The number of rotatable bonds is 2. The van der Waals surface area contributed by atoms with Crippen LogP contribution in [0.5, 0.6) is 0 Å². The summed E-state index contributed by atoms with van der Waals surface area (Å²) < 4.78 is 1.02. The van der Waals surface area contributed by atoms with Crippen LogP contribution in [0.3, 0.4) is 0 Å². The fourth-order valence-electron chi connectivity index (χ4n) is 0.747. The molecule has 1 aromatic rings. The van der Waals surface area contributed by atoms with Gasteiger partial charge in [-0.2, -0.15) is 5.10 Å². The Morgan fingerprint density at radius 1 is 1.46 bits per heavy atom. The van der Waals surface area contributed by atoms with E-state index < -0.39 is 0 Å². The Kier molecular flexibility index (Phi) is 3.64. The van der Waals surface area contributed by atoms with E-state index in [1.165, 1.54) is 6.92 Å². The van der Waals surface area contributed by atoms with Gasteiger partial charge in [-0.1, -0.05) is 28.1 Å². The van der Waals surface area contributed by atoms with E-state index in [0.717, 1.165) is 10.0 Å². The van der Waals surface area contributed by atoms with Gasteiger partial charge in [0.05, 0.1) is 6.21 Å². The van der Waals surface area contributed by atoms with E-state index >= 15 is 0 Å². The number of nitrogens with one attached hydrogen (secondary N) is 1. The molecule has 1 amide bonds. The molecule has 3 nitrogen and oxygen atoms in total. The molecule has 0 aliphatic heterocycles. The maximum absolute atomic E-state index is 10.5. The molecular weight excluding hydrogens is 232 g/mol. The third-order valence-electron chi connectivity index (χ3n) is 1.31. The average Bonchev–Trinajstić information content (AvgIpc) is 2.08. The van der Waals surface area contributed by atoms with E-state index in [4.69, 9.17) is 0 Å². The normalized spacial score (nSPS) is 10.3. The van der Waals surface area contributed by atoms with Crippen LogP contribution in [0.25, 0.3) is 0 Å². The van der Waals surface area contributed by atoms with Crippen LogP contribution >= 0.6 is 15.9 Å². The number of halogens is 1. The van der Waals surface area contributed by atoms with Gasteiger partial charge in [0, 0.05) is 11.4 Å². The predicted molar refractivity (Wildman–Crippen MR) is 55.6 cm³/mol. The fourth-order valence-corrected chi connectivity index (χ4v) is 1.01. The molecule has 0 saturated heterocycles. The number of carbonyl (C=O) groups excluding carboxylic acids is 1. The molecule has 0 bridgehead atoms. The lowest BCUT2D eigenvalue weighted by molar-refractivity contribution is -0.118. The summed E-state index contributed by atoms with van der Waals surface area (Å²) in [4.78, 5) is 10.5. The number of amides is 1. The SMILES string of the molecule is CC(=O)NN=Cc1ccc(Br)cc1. The van der Waals surface area contributed by atoms with Crippen LogP contribution in [-0.2, 0) is 4.79 Å². The maximum Gasteiger partial charge on any atom is 0.236 e. The number of hydrogen-bond acceptors (Lipinski definition) is 2. The first-order chi connectivity index (χ1) is 6.18. The first-order valence-corrected chi connectivity index (χ1v) is 4.53. The minimum Gasteiger partial charge on any atom is -0.274 e. The largest absolute Gasteiger partial charge is 0.274 e. The van der Waals surface area contributed by atoms with Crippen LogP contribution in [0.1, 0.15) is 12.5 Å². The van der Waals surface area contributed by atoms with Crippen LogP contribution in [0.4, 0.5) is 0 Å². The molecule has 0 aromatic heterocycles. The summed E-state index contributed by atoms with van der Waals surface area (Å²) in [6, 6.07) is 7.62. The van der Waals surface area contributed by atoms with E-state index in [0.29, 0.717) is 0 Å². The van der Waals surface area contributed by atoms with Crippen molar-refractivity contribution >= 4 is 28.1 Å². The van der Waals surface area contributed by atoms with Gasteiger partial charge in [0.2, 0.25) is 5.91 Å². The van der Waals surface area contributed by atoms with Crippen molar-refractivity contribution in [2.45, 2.75) is 6.92 Å². The fraction of sp³-hybridized carbons (Fsp3) is 0.111. The molecule has 0 heterocycles. The Bertz CT molecular complexity index is 319. The molecule has 0 aliphatic carbocycles. The maximum atomic E-state index is 10.5. The third-order valence-corrected chi connectivity index (χ3v) is 1.83. The van der Waals surface area contributed by atoms with Gasteiger partial charge in [-0.3, -0.25) is 4.79 Å². The molecule has 68 valence electrons. The van der Waals surface area contributed by atoms with Gasteiger partial charge in [-0.05, 0) is 17.7 Å². The second kappa shape index (κ2) is 4.77. The summed E-state index contributed by atoms with van der Waals surface area (Å²) in [5.74, 6) is -0.173. The second-order valence-electron chi connectivity index (χ2n) is 2.48. The Morgan fingerprint density at radius 2 is 2.08 bits per heavy atom. The van der Waals surface area contributed by atoms with Gasteiger partial charge in [0.15, 0.2) is 0 Å². The van der Waals surface area contributed by atoms with Gasteiger partial charge in [0.25, 0.3) is 0 Å². The first-order valence-electron chi connectivity index (χ1n) is 3.73. The summed E-state index contributed by atoms with van der Waals surface area (Å²) in [6.45, 7) is 1.42. The molecule has 0 saturated carbocycles. The van der Waals surface area contributed by atoms with Crippen molar-refractivity contribution in [3.63, 3.8) is 0 Å². The molecule has 0 unspecified atom stereocenters. The molecule has 1 rings (SSSR count). The van der Waals surface area contributed by atoms with Crippen LogP contribution in [0, 0.1) is 0 Å². The van der Waals surface area contributed by atoms with Crippen molar-refractivity contribution in [1.82, 2.24) is 5.43 Å². The van der Waals surface area contributed by atoms with Crippen LogP contribution in [0.2, 0.25) is 0 Å². The van der Waals surface area contributed by atoms with E-state index in [2.05, 4.69) is 26.5 Å². The molecule has 0 fully saturated rings. The summed E-state index contributed by atoms with van der Waals surface area (Å²) in [7, 11) is 0. The molecule has 0 radical (unpaired) electrons.